The van der Waals surface area contributed by atoms with Gasteiger partial charge in [0.05, 0.1) is 20.5 Å². The summed E-state index contributed by atoms with van der Waals surface area (Å²) >= 11 is 0. The summed E-state index contributed by atoms with van der Waals surface area (Å²) < 4.78 is 35.5. The van der Waals surface area contributed by atoms with Crippen molar-refractivity contribution in [3.63, 3.8) is 0 Å². The fraction of sp³-hybridized carbons (Fsp3) is 0.632. The number of sulfonamides is 1. The van der Waals surface area contributed by atoms with Crippen LogP contribution < -0.4 is 14.8 Å². The van der Waals surface area contributed by atoms with Crippen molar-refractivity contribution in [2.45, 2.75) is 26.8 Å². The zero-order valence-corrected chi connectivity index (χ0v) is 21.4. The average Bonchev–Trinajstić information content (AvgIpc) is 2.66. The predicted octanol–water partition coefficient (Wildman–Crippen LogP) is 2.39. The highest BCUT2D eigenvalue weighted by molar-refractivity contribution is 14.0. The lowest BCUT2D eigenvalue weighted by atomic mass is 10.2. The van der Waals surface area contributed by atoms with Crippen LogP contribution in [0.2, 0.25) is 0 Å². The summed E-state index contributed by atoms with van der Waals surface area (Å²) in [6, 6.07) is 5.74. The quantitative estimate of drug-likeness (QED) is 0.200. The molecule has 8 nitrogen and oxygen atoms in total. The number of guanidine groups is 1. The fourth-order valence-corrected chi connectivity index (χ4v) is 3.70. The Bertz CT molecular complexity index is 744. The number of nitrogens with zero attached hydrogens (tertiary/aromatic N) is 3. The van der Waals surface area contributed by atoms with Gasteiger partial charge in [-0.1, -0.05) is 6.92 Å². The minimum atomic E-state index is -3.16. The minimum Gasteiger partial charge on any atom is -0.497 e. The Hall–Kier alpha value is -1.27. The highest BCUT2D eigenvalue weighted by atomic mass is 127. The molecule has 0 saturated carbocycles. The van der Waals surface area contributed by atoms with E-state index in [4.69, 9.17) is 9.47 Å². The average molecular weight is 542 g/mol. The summed E-state index contributed by atoms with van der Waals surface area (Å²) in [5, 5.41) is 3.27. The highest BCUT2D eigenvalue weighted by Gasteiger charge is 2.14. The van der Waals surface area contributed by atoms with E-state index in [9.17, 15) is 8.42 Å². The predicted molar refractivity (Wildman–Crippen MR) is 129 cm³/mol. The lowest BCUT2D eigenvalue weighted by Gasteiger charge is -2.23. The maximum absolute atomic E-state index is 11.7. The molecule has 0 amide bonds. The maximum Gasteiger partial charge on any atom is 0.211 e. The standard InChI is InChI=1S/C19H34N4O4S.HI/c1-7-20-19(21-12-9-13-23(8-2)28(6,24)25)22(3)15-16-10-11-17(26-4)14-18(16)27-5;/h10-11,14H,7-9,12-13,15H2,1-6H3,(H,20,21);1H. The van der Waals surface area contributed by atoms with Crippen molar-refractivity contribution in [3.05, 3.63) is 23.8 Å². The van der Waals surface area contributed by atoms with Crippen LogP contribution in [-0.2, 0) is 16.6 Å². The summed E-state index contributed by atoms with van der Waals surface area (Å²) in [6.07, 6.45) is 1.90. The number of aliphatic imine (C=N–C) groups is 1. The Morgan fingerprint density at radius 3 is 2.41 bits per heavy atom. The first kappa shape index (κ1) is 27.7. The van der Waals surface area contributed by atoms with E-state index in [1.165, 1.54) is 10.6 Å². The first-order valence-electron chi connectivity index (χ1n) is 9.42. The molecule has 0 fully saturated rings. The number of nitrogens with one attached hydrogen (secondary N) is 1. The van der Waals surface area contributed by atoms with E-state index in [1.807, 2.05) is 44.0 Å². The Morgan fingerprint density at radius 2 is 1.90 bits per heavy atom. The molecule has 29 heavy (non-hydrogen) atoms. The topological polar surface area (TPSA) is 83.5 Å². The molecule has 0 radical (unpaired) electrons. The van der Waals surface area contributed by atoms with Crippen molar-refractivity contribution in [1.82, 2.24) is 14.5 Å². The van der Waals surface area contributed by atoms with E-state index in [-0.39, 0.29) is 24.0 Å². The Labute approximate surface area is 192 Å². The van der Waals surface area contributed by atoms with Crippen LogP contribution in [0.4, 0.5) is 0 Å². The van der Waals surface area contributed by atoms with E-state index in [0.717, 1.165) is 29.6 Å². The lowest BCUT2D eigenvalue weighted by molar-refractivity contribution is 0.382. The number of benzene rings is 1. The molecular weight excluding hydrogens is 507 g/mol. The van der Waals surface area contributed by atoms with Gasteiger partial charge in [-0.25, -0.2) is 12.7 Å². The van der Waals surface area contributed by atoms with Crippen LogP contribution in [0.1, 0.15) is 25.8 Å². The van der Waals surface area contributed by atoms with Gasteiger partial charge in [0.25, 0.3) is 0 Å². The van der Waals surface area contributed by atoms with Crippen LogP contribution in [0.5, 0.6) is 11.5 Å². The van der Waals surface area contributed by atoms with Crippen LogP contribution in [0.15, 0.2) is 23.2 Å². The zero-order valence-electron chi connectivity index (χ0n) is 18.3. The van der Waals surface area contributed by atoms with Gasteiger partial charge in [0, 0.05) is 51.4 Å². The lowest BCUT2D eigenvalue weighted by Crippen LogP contribution is -2.38. The molecule has 0 atom stereocenters. The molecule has 0 saturated heterocycles. The van der Waals surface area contributed by atoms with Crippen LogP contribution >= 0.6 is 24.0 Å². The Balaban J connectivity index is 0.00000784. The van der Waals surface area contributed by atoms with E-state index >= 15 is 0 Å². The summed E-state index contributed by atoms with van der Waals surface area (Å²) in [6.45, 7) is 6.69. The molecule has 1 rings (SSSR count). The van der Waals surface area contributed by atoms with Crippen LogP contribution in [0, 0.1) is 0 Å². The van der Waals surface area contributed by atoms with Crippen molar-refractivity contribution in [2.24, 2.45) is 4.99 Å². The molecular formula is C19H35IN4O4S. The van der Waals surface area contributed by atoms with Gasteiger partial charge in [-0.05, 0) is 25.5 Å². The molecule has 1 N–H and O–H groups in total. The molecule has 0 aromatic heterocycles. The first-order chi connectivity index (χ1) is 13.3. The molecule has 10 heteroatoms. The molecule has 0 heterocycles. The molecule has 168 valence electrons. The molecule has 1 aromatic rings. The minimum absolute atomic E-state index is 0. The molecule has 1 aromatic carbocycles. The number of hydrogen-bond acceptors (Lipinski definition) is 5. The Kier molecular flexibility index (Phi) is 13.3. The molecule has 0 aliphatic rings. The maximum atomic E-state index is 11.7. The number of rotatable bonds is 11. The third kappa shape index (κ3) is 9.39. The number of hydrogen-bond donors (Lipinski definition) is 1. The highest BCUT2D eigenvalue weighted by Crippen LogP contribution is 2.25. The second kappa shape index (κ2) is 13.9. The van der Waals surface area contributed by atoms with Crippen LogP contribution in [0.3, 0.4) is 0 Å². The molecule has 0 bridgehead atoms. The number of halogens is 1. The molecule has 0 aliphatic heterocycles. The third-order valence-corrected chi connectivity index (χ3v) is 5.63. The van der Waals surface area contributed by atoms with E-state index < -0.39 is 10.0 Å². The normalized spacial score (nSPS) is 11.8. The summed E-state index contributed by atoms with van der Waals surface area (Å²) in [4.78, 5) is 6.65. The third-order valence-electron chi connectivity index (χ3n) is 4.25. The number of ether oxygens (including phenoxy) is 2. The second-order valence-corrected chi connectivity index (χ2v) is 8.36. The van der Waals surface area contributed by atoms with Crippen molar-refractivity contribution in [1.29, 1.82) is 0 Å². The van der Waals surface area contributed by atoms with E-state index in [0.29, 0.717) is 32.6 Å². The molecule has 0 aliphatic carbocycles. The van der Waals surface area contributed by atoms with Gasteiger partial charge >= 0.3 is 0 Å². The van der Waals surface area contributed by atoms with Gasteiger partial charge in [0.2, 0.25) is 10.0 Å². The van der Waals surface area contributed by atoms with Gasteiger partial charge < -0.3 is 19.7 Å². The summed E-state index contributed by atoms with van der Waals surface area (Å²) in [5.41, 5.74) is 1.02. The van der Waals surface area contributed by atoms with Gasteiger partial charge in [0.1, 0.15) is 11.5 Å². The smallest absolute Gasteiger partial charge is 0.211 e. The van der Waals surface area contributed by atoms with Crippen LogP contribution in [-0.4, -0.2) is 77.3 Å². The number of methoxy groups -OCH3 is 2. The van der Waals surface area contributed by atoms with Gasteiger partial charge in [0.15, 0.2) is 5.96 Å². The Morgan fingerprint density at radius 1 is 1.21 bits per heavy atom. The van der Waals surface area contributed by atoms with Crippen molar-refractivity contribution < 1.29 is 17.9 Å². The fourth-order valence-electron chi connectivity index (χ4n) is 2.77. The van der Waals surface area contributed by atoms with E-state index in [2.05, 4.69) is 10.3 Å². The zero-order chi connectivity index (χ0) is 21.2. The van der Waals surface area contributed by atoms with Gasteiger partial charge in [-0.2, -0.15) is 0 Å². The summed E-state index contributed by atoms with van der Waals surface area (Å²) in [5.74, 6) is 2.27. The van der Waals surface area contributed by atoms with Crippen molar-refractivity contribution in [3.8, 4) is 11.5 Å². The van der Waals surface area contributed by atoms with Crippen molar-refractivity contribution in [2.75, 3.05) is 53.7 Å². The molecule has 0 unspecified atom stereocenters. The summed E-state index contributed by atoms with van der Waals surface area (Å²) in [7, 11) is 2.06. The van der Waals surface area contributed by atoms with Crippen LogP contribution in [0.25, 0.3) is 0 Å². The largest absolute Gasteiger partial charge is 0.497 e. The monoisotopic (exact) mass is 542 g/mol. The van der Waals surface area contributed by atoms with Gasteiger partial charge in [-0.3, -0.25) is 4.99 Å². The molecule has 0 spiro atoms. The van der Waals surface area contributed by atoms with E-state index in [1.54, 1.807) is 14.2 Å². The van der Waals surface area contributed by atoms with Gasteiger partial charge in [-0.15, -0.1) is 24.0 Å². The first-order valence-corrected chi connectivity index (χ1v) is 11.3. The SMILES string of the molecule is CCNC(=NCCCN(CC)S(C)(=O)=O)N(C)Cc1ccc(OC)cc1OC.I. The van der Waals surface area contributed by atoms with Crippen molar-refractivity contribution >= 4 is 40.0 Å². The second-order valence-electron chi connectivity index (χ2n) is 6.38.